The summed E-state index contributed by atoms with van der Waals surface area (Å²) in [5.74, 6) is -0.215. The maximum absolute atomic E-state index is 11.9. The number of benzene rings is 1. The standard InChI is InChI=1S/C24H39BrO2/c1-2-3-4-5-6-7-8-9-10-11-12-13-14-15-16-21-27-24(26)22-17-19-23(25)20-18-22/h17-20H,2-16,21H2,1H3. The van der Waals surface area contributed by atoms with Crippen LogP contribution in [-0.4, -0.2) is 12.6 Å². The molecule has 1 aromatic carbocycles. The van der Waals surface area contributed by atoms with E-state index in [2.05, 4.69) is 22.9 Å². The second-order valence-electron chi connectivity index (χ2n) is 7.59. The number of carbonyl (C=O) groups is 1. The van der Waals surface area contributed by atoms with Crippen LogP contribution in [0.3, 0.4) is 0 Å². The molecule has 0 fully saturated rings. The van der Waals surface area contributed by atoms with Gasteiger partial charge in [-0.2, -0.15) is 0 Å². The molecule has 1 rings (SSSR count). The molecule has 3 heteroatoms. The smallest absolute Gasteiger partial charge is 0.338 e. The molecule has 0 aliphatic carbocycles. The van der Waals surface area contributed by atoms with Gasteiger partial charge in [-0.25, -0.2) is 4.79 Å². The van der Waals surface area contributed by atoms with Crippen molar-refractivity contribution in [2.45, 2.75) is 103 Å². The third kappa shape index (κ3) is 13.9. The Morgan fingerprint density at radius 3 is 1.56 bits per heavy atom. The predicted molar refractivity (Wildman–Crippen MR) is 119 cm³/mol. The first-order valence-electron chi connectivity index (χ1n) is 11.2. The van der Waals surface area contributed by atoms with Gasteiger partial charge in [0.25, 0.3) is 0 Å². The van der Waals surface area contributed by atoms with E-state index in [4.69, 9.17) is 4.74 Å². The van der Waals surface area contributed by atoms with E-state index in [1.165, 1.54) is 83.5 Å². The van der Waals surface area contributed by atoms with Crippen LogP contribution in [0.15, 0.2) is 28.7 Å². The number of esters is 1. The van der Waals surface area contributed by atoms with Crippen molar-refractivity contribution < 1.29 is 9.53 Å². The monoisotopic (exact) mass is 438 g/mol. The van der Waals surface area contributed by atoms with E-state index < -0.39 is 0 Å². The van der Waals surface area contributed by atoms with Gasteiger partial charge in [0.2, 0.25) is 0 Å². The number of halogens is 1. The predicted octanol–water partition coefficient (Wildman–Crippen LogP) is 8.48. The Kier molecular flexibility index (Phi) is 15.5. The van der Waals surface area contributed by atoms with E-state index in [1.807, 2.05) is 12.1 Å². The van der Waals surface area contributed by atoms with Gasteiger partial charge in [0.05, 0.1) is 12.2 Å². The second kappa shape index (κ2) is 17.3. The van der Waals surface area contributed by atoms with E-state index in [1.54, 1.807) is 12.1 Å². The van der Waals surface area contributed by atoms with Crippen molar-refractivity contribution in [3.8, 4) is 0 Å². The summed E-state index contributed by atoms with van der Waals surface area (Å²) in [6, 6.07) is 7.31. The first kappa shape index (κ1) is 24.2. The lowest BCUT2D eigenvalue weighted by Crippen LogP contribution is -2.06. The van der Waals surface area contributed by atoms with E-state index >= 15 is 0 Å². The lowest BCUT2D eigenvalue weighted by molar-refractivity contribution is 0.0497. The SMILES string of the molecule is CCCCCCCCCCCCCCCCCOC(=O)c1ccc(Br)cc1. The average molecular weight is 439 g/mol. The number of rotatable bonds is 17. The van der Waals surface area contributed by atoms with Crippen LogP contribution >= 0.6 is 15.9 Å². The Hall–Kier alpha value is -0.830. The fourth-order valence-electron chi connectivity index (χ4n) is 3.31. The summed E-state index contributed by atoms with van der Waals surface area (Å²) in [4.78, 5) is 11.9. The fourth-order valence-corrected chi connectivity index (χ4v) is 3.57. The number of unbranched alkanes of at least 4 members (excludes halogenated alkanes) is 14. The summed E-state index contributed by atoms with van der Waals surface area (Å²) in [6.45, 7) is 2.81. The molecule has 1 aromatic rings. The van der Waals surface area contributed by atoms with E-state index in [-0.39, 0.29) is 5.97 Å². The zero-order valence-corrected chi connectivity index (χ0v) is 18.9. The maximum atomic E-state index is 11.9. The van der Waals surface area contributed by atoms with Crippen molar-refractivity contribution in [1.82, 2.24) is 0 Å². The van der Waals surface area contributed by atoms with Crippen molar-refractivity contribution in [2.75, 3.05) is 6.61 Å². The van der Waals surface area contributed by atoms with Crippen LogP contribution in [0.2, 0.25) is 0 Å². The number of carbonyl (C=O) groups excluding carboxylic acids is 1. The topological polar surface area (TPSA) is 26.3 Å². The minimum atomic E-state index is -0.215. The third-order valence-electron chi connectivity index (χ3n) is 5.06. The molecule has 0 bridgehead atoms. The van der Waals surface area contributed by atoms with E-state index in [9.17, 15) is 4.79 Å². The van der Waals surface area contributed by atoms with Crippen molar-refractivity contribution in [3.05, 3.63) is 34.3 Å². The van der Waals surface area contributed by atoms with Gasteiger partial charge in [0.15, 0.2) is 0 Å². The van der Waals surface area contributed by atoms with Gasteiger partial charge in [0, 0.05) is 4.47 Å². The molecular formula is C24H39BrO2. The van der Waals surface area contributed by atoms with Gasteiger partial charge in [-0.1, -0.05) is 113 Å². The van der Waals surface area contributed by atoms with Crippen molar-refractivity contribution in [2.24, 2.45) is 0 Å². The molecule has 27 heavy (non-hydrogen) atoms. The van der Waals surface area contributed by atoms with Gasteiger partial charge in [0.1, 0.15) is 0 Å². The van der Waals surface area contributed by atoms with Gasteiger partial charge in [-0.05, 0) is 30.7 Å². The lowest BCUT2D eigenvalue weighted by Gasteiger charge is -2.05. The van der Waals surface area contributed by atoms with Gasteiger partial charge < -0.3 is 4.74 Å². The van der Waals surface area contributed by atoms with Crippen LogP contribution in [0.5, 0.6) is 0 Å². The average Bonchev–Trinajstić information content (AvgIpc) is 2.68. The maximum Gasteiger partial charge on any atom is 0.338 e. The Bertz CT molecular complexity index is 470. The number of ether oxygens (including phenoxy) is 1. The molecule has 0 N–H and O–H groups in total. The van der Waals surface area contributed by atoms with Crippen molar-refractivity contribution in [3.63, 3.8) is 0 Å². The minimum absolute atomic E-state index is 0.215. The summed E-state index contributed by atoms with van der Waals surface area (Å²) >= 11 is 3.37. The Balaban J connectivity index is 1.80. The highest BCUT2D eigenvalue weighted by molar-refractivity contribution is 9.10. The number of hydrogen-bond donors (Lipinski definition) is 0. The third-order valence-corrected chi connectivity index (χ3v) is 5.59. The van der Waals surface area contributed by atoms with Crippen molar-refractivity contribution in [1.29, 1.82) is 0 Å². The van der Waals surface area contributed by atoms with Crippen LogP contribution in [0.1, 0.15) is 114 Å². The summed E-state index contributed by atoms with van der Waals surface area (Å²) in [5, 5.41) is 0. The van der Waals surface area contributed by atoms with Crippen LogP contribution in [-0.2, 0) is 4.74 Å². The molecular weight excluding hydrogens is 400 g/mol. The number of hydrogen-bond acceptors (Lipinski definition) is 2. The van der Waals surface area contributed by atoms with Crippen LogP contribution in [0.25, 0.3) is 0 Å². The molecule has 0 aliphatic heterocycles. The molecule has 0 aliphatic rings. The normalized spacial score (nSPS) is 10.9. The van der Waals surface area contributed by atoms with Crippen LogP contribution < -0.4 is 0 Å². The van der Waals surface area contributed by atoms with Crippen LogP contribution in [0.4, 0.5) is 0 Å². The highest BCUT2D eigenvalue weighted by Crippen LogP contribution is 2.14. The Morgan fingerprint density at radius 2 is 1.11 bits per heavy atom. The molecule has 0 aromatic heterocycles. The van der Waals surface area contributed by atoms with E-state index in [0.717, 1.165) is 17.3 Å². The molecule has 0 atom stereocenters. The second-order valence-corrected chi connectivity index (χ2v) is 8.51. The zero-order chi connectivity index (χ0) is 19.6. The molecule has 0 amide bonds. The fraction of sp³-hybridized carbons (Fsp3) is 0.708. The first-order valence-corrected chi connectivity index (χ1v) is 12.0. The van der Waals surface area contributed by atoms with Crippen molar-refractivity contribution >= 4 is 21.9 Å². The molecule has 0 unspecified atom stereocenters. The summed E-state index contributed by atoms with van der Waals surface area (Å²) in [5.41, 5.74) is 0.624. The molecule has 0 saturated heterocycles. The molecule has 0 saturated carbocycles. The summed E-state index contributed by atoms with van der Waals surface area (Å²) < 4.78 is 6.30. The van der Waals surface area contributed by atoms with Crippen LogP contribution in [0, 0.1) is 0 Å². The van der Waals surface area contributed by atoms with Gasteiger partial charge in [-0.3, -0.25) is 0 Å². The first-order chi connectivity index (χ1) is 13.2. The quantitative estimate of drug-likeness (QED) is 0.180. The zero-order valence-electron chi connectivity index (χ0n) is 17.3. The Labute approximate surface area is 175 Å². The highest BCUT2D eigenvalue weighted by Gasteiger charge is 2.05. The molecule has 0 heterocycles. The molecule has 0 spiro atoms. The Morgan fingerprint density at radius 1 is 0.704 bits per heavy atom. The molecule has 154 valence electrons. The molecule has 0 radical (unpaired) electrons. The lowest BCUT2D eigenvalue weighted by atomic mass is 10.0. The molecule has 2 nitrogen and oxygen atoms in total. The highest BCUT2D eigenvalue weighted by atomic mass is 79.9. The summed E-state index contributed by atoms with van der Waals surface area (Å²) in [6.07, 6.45) is 20.2. The van der Waals surface area contributed by atoms with E-state index in [0.29, 0.717) is 12.2 Å². The largest absolute Gasteiger partial charge is 0.462 e. The minimum Gasteiger partial charge on any atom is -0.462 e. The summed E-state index contributed by atoms with van der Waals surface area (Å²) in [7, 11) is 0. The van der Waals surface area contributed by atoms with Gasteiger partial charge >= 0.3 is 5.97 Å². The van der Waals surface area contributed by atoms with Gasteiger partial charge in [-0.15, -0.1) is 0 Å².